The lowest BCUT2D eigenvalue weighted by Gasteiger charge is -2.09. The molecule has 0 aliphatic carbocycles. The minimum atomic E-state index is -0.331. The number of nitrogens with two attached hydrogens (primary N) is 1. The van der Waals surface area contributed by atoms with Gasteiger partial charge in [0.15, 0.2) is 0 Å². The zero-order valence-corrected chi connectivity index (χ0v) is 13.0. The number of anilines is 2. The van der Waals surface area contributed by atoms with E-state index in [1.807, 2.05) is 0 Å². The minimum absolute atomic E-state index is 0.325. The zero-order valence-electron chi connectivity index (χ0n) is 10.6. The Morgan fingerprint density at radius 3 is 2.75 bits per heavy atom. The monoisotopic (exact) mass is 354 g/mol. The Hall–Kier alpha value is -1.72. The Kier molecular flexibility index (Phi) is 4.52. The summed E-state index contributed by atoms with van der Waals surface area (Å²) >= 11 is 9.35. The van der Waals surface area contributed by atoms with Crippen molar-refractivity contribution in [2.75, 3.05) is 18.2 Å². The van der Waals surface area contributed by atoms with Crippen molar-refractivity contribution in [3.63, 3.8) is 0 Å². The lowest BCUT2D eigenvalue weighted by atomic mass is 10.2. The molecule has 0 bridgehead atoms. The van der Waals surface area contributed by atoms with E-state index in [0.29, 0.717) is 27.7 Å². The van der Waals surface area contributed by atoms with Crippen molar-refractivity contribution >= 4 is 44.8 Å². The fraction of sp³-hybridized carbons (Fsp3) is 0.0714. The van der Waals surface area contributed by atoms with E-state index in [2.05, 4.69) is 21.2 Å². The van der Waals surface area contributed by atoms with Crippen molar-refractivity contribution in [2.24, 2.45) is 0 Å². The average Bonchev–Trinajstić information content (AvgIpc) is 2.40. The van der Waals surface area contributed by atoms with Crippen LogP contribution in [0.2, 0.25) is 5.02 Å². The second-order valence-corrected chi connectivity index (χ2v) is 5.40. The summed E-state index contributed by atoms with van der Waals surface area (Å²) in [6, 6.07) is 10.0. The molecule has 3 N–H and O–H groups in total. The molecule has 0 unspecified atom stereocenters. The molecule has 0 spiro atoms. The van der Waals surface area contributed by atoms with Crippen molar-refractivity contribution in [3.05, 3.63) is 51.5 Å². The maximum absolute atomic E-state index is 12.2. The highest BCUT2D eigenvalue weighted by molar-refractivity contribution is 9.10. The summed E-state index contributed by atoms with van der Waals surface area (Å²) in [6.45, 7) is 0. The quantitative estimate of drug-likeness (QED) is 0.820. The van der Waals surface area contributed by atoms with E-state index in [4.69, 9.17) is 22.1 Å². The highest BCUT2D eigenvalue weighted by Gasteiger charge is 2.12. The molecule has 4 nitrogen and oxygen atoms in total. The van der Waals surface area contributed by atoms with E-state index < -0.39 is 0 Å². The standard InChI is InChI=1S/C14H12BrClN2O2/c1-20-11-5-8(15)4-10(7-11)18-14(19)12-6-9(17)2-3-13(12)16/h2-7H,17H2,1H3,(H,18,19). The van der Waals surface area contributed by atoms with Gasteiger partial charge in [0.2, 0.25) is 0 Å². The third-order valence-corrected chi connectivity index (χ3v) is 3.39. The van der Waals surface area contributed by atoms with Gasteiger partial charge in [0.05, 0.1) is 17.7 Å². The van der Waals surface area contributed by atoms with Crippen LogP contribution < -0.4 is 15.8 Å². The number of nitrogen functional groups attached to an aromatic ring is 1. The van der Waals surface area contributed by atoms with Crippen LogP contribution in [-0.4, -0.2) is 13.0 Å². The third kappa shape index (κ3) is 3.43. The summed E-state index contributed by atoms with van der Waals surface area (Å²) in [5, 5.41) is 3.10. The lowest BCUT2D eigenvalue weighted by Crippen LogP contribution is -2.13. The van der Waals surface area contributed by atoms with E-state index in [1.54, 1.807) is 37.4 Å². The summed E-state index contributed by atoms with van der Waals surface area (Å²) < 4.78 is 5.94. The number of nitrogens with one attached hydrogen (secondary N) is 1. The Bertz CT molecular complexity index is 662. The first-order valence-corrected chi connectivity index (χ1v) is 6.87. The molecule has 0 saturated heterocycles. The highest BCUT2D eigenvalue weighted by Crippen LogP contribution is 2.26. The van der Waals surface area contributed by atoms with Gasteiger partial charge in [-0.25, -0.2) is 0 Å². The second kappa shape index (κ2) is 6.15. The fourth-order valence-electron chi connectivity index (χ4n) is 1.67. The van der Waals surface area contributed by atoms with E-state index in [-0.39, 0.29) is 5.91 Å². The molecule has 0 aromatic heterocycles. The van der Waals surface area contributed by atoms with Gasteiger partial charge in [0.1, 0.15) is 5.75 Å². The molecule has 0 atom stereocenters. The van der Waals surface area contributed by atoms with Crippen LogP contribution in [0.4, 0.5) is 11.4 Å². The molecule has 2 aromatic rings. The topological polar surface area (TPSA) is 64.3 Å². The summed E-state index contributed by atoms with van der Waals surface area (Å²) in [7, 11) is 1.56. The summed E-state index contributed by atoms with van der Waals surface area (Å²) in [5.74, 6) is 0.302. The van der Waals surface area contributed by atoms with Crippen molar-refractivity contribution in [2.45, 2.75) is 0 Å². The van der Waals surface area contributed by atoms with Gasteiger partial charge in [0.25, 0.3) is 5.91 Å². The van der Waals surface area contributed by atoms with Crippen molar-refractivity contribution in [1.29, 1.82) is 0 Å². The summed E-state index contributed by atoms with van der Waals surface area (Å²) in [4.78, 5) is 12.2. The van der Waals surface area contributed by atoms with E-state index >= 15 is 0 Å². The summed E-state index contributed by atoms with van der Waals surface area (Å²) in [5.41, 5.74) is 7.06. The first-order chi connectivity index (χ1) is 9.49. The van der Waals surface area contributed by atoms with Crippen LogP contribution in [0.3, 0.4) is 0 Å². The highest BCUT2D eigenvalue weighted by atomic mass is 79.9. The maximum Gasteiger partial charge on any atom is 0.257 e. The number of methoxy groups -OCH3 is 1. The van der Waals surface area contributed by atoms with Gasteiger partial charge in [-0.3, -0.25) is 4.79 Å². The Balaban J connectivity index is 2.27. The smallest absolute Gasteiger partial charge is 0.257 e. The molecule has 104 valence electrons. The van der Waals surface area contributed by atoms with Gasteiger partial charge in [-0.2, -0.15) is 0 Å². The molecule has 1 amide bonds. The van der Waals surface area contributed by atoms with Gasteiger partial charge < -0.3 is 15.8 Å². The Morgan fingerprint density at radius 2 is 2.05 bits per heavy atom. The first-order valence-electron chi connectivity index (χ1n) is 5.70. The maximum atomic E-state index is 12.2. The van der Waals surface area contributed by atoms with Gasteiger partial charge in [-0.15, -0.1) is 0 Å². The molecular weight excluding hydrogens is 344 g/mol. The van der Waals surface area contributed by atoms with Crippen LogP contribution in [0.1, 0.15) is 10.4 Å². The molecule has 2 aromatic carbocycles. The van der Waals surface area contributed by atoms with Gasteiger partial charge in [-0.1, -0.05) is 27.5 Å². The van der Waals surface area contributed by atoms with Crippen molar-refractivity contribution in [3.8, 4) is 5.75 Å². The van der Waals surface area contributed by atoms with E-state index in [0.717, 1.165) is 4.47 Å². The lowest BCUT2D eigenvalue weighted by molar-refractivity contribution is 0.102. The van der Waals surface area contributed by atoms with Gasteiger partial charge in [0, 0.05) is 21.9 Å². The molecular formula is C14H12BrClN2O2. The number of carbonyl (C=O) groups excluding carboxylic acids is 1. The molecule has 20 heavy (non-hydrogen) atoms. The molecule has 0 aliphatic rings. The Labute approximate surface area is 130 Å². The van der Waals surface area contributed by atoms with E-state index in [1.165, 1.54) is 6.07 Å². The first kappa shape index (κ1) is 14.7. The minimum Gasteiger partial charge on any atom is -0.497 e. The normalized spacial score (nSPS) is 10.2. The molecule has 0 fully saturated rings. The van der Waals surface area contributed by atoms with Crippen LogP contribution in [0, 0.1) is 0 Å². The molecule has 6 heteroatoms. The average molecular weight is 356 g/mol. The van der Waals surface area contributed by atoms with Crippen LogP contribution in [0.5, 0.6) is 5.75 Å². The fourth-order valence-corrected chi connectivity index (χ4v) is 2.34. The van der Waals surface area contributed by atoms with Crippen LogP contribution in [-0.2, 0) is 0 Å². The van der Waals surface area contributed by atoms with Crippen LogP contribution in [0.25, 0.3) is 0 Å². The van der Waals surface area contributed by atoms with Crippen molar-refractivity contribution < 1.29 is 9.53 Å². The number of ether oxygens (including phenoxy) is 1. The molecule has 0 heterocycles. The predicted molar refractivity (Wildman–Crippen MR) is 84.5 cm³/mol. The number of rotatable bonds is 3. The number of halogens is 2. The summed E-state index contributed by atoms with van der Waals surface area (Å²) in [6.07, 6.45) is 0. The number of hydrogen-bond acceptors (Lipinski definition) is 3. The zero-order chi connectivity index (χ0) is 14.7. The molecule has 0 saturated carbocycles. The van der Waals surface area contributed by atoms with Crippen molar-refractivity contribution in [1.82, 2.24) is 0 Å². The van der Waals surface area contributed by atoms with Crippen LogP contribution in [0.15, 0.2) is 40.9 Å². The SMILES string of the molecule is COc1cc(Br)cc(NC(=O)c2cc(N)ccc2Cl)c1. The number of benzene rings is 2. The third-order valence-electron chi connectivity index (χ3n) is 2.60. The number of carbonyl (C=O) groups is 1. The van der Waals surface area contributed by atoms with Gasteiger partial charge in [-0.05, 0) is 30.3 Å². The predicted octanol–water partition coefficient (Wildman–Crippen LogP) is 3.95. The number of hydrogen-bond donors (Lipinski definition) is 2. The Morgan fingerprint density at radius 1 is 1.30 bits per heavy atom. The number of amides is 1. The largest absolute Gasteiger partial charge is 0.497 e. The van der Waals surface area contributed by atoms with E-state index in [9.17, 15) is 4.79 Å². The van der Waals surface area contributed by atoms with Gasteiger partial charge >= 0.3 is 0 Å². The molecule has 0 radical (unpaired) electrons. The molecule has 2 rings (SSSR count). The molecule has 0 aliphatic heterocycles. The van der Waals surface area contributed by atoms with Crippen LogP contribution >= 0.6 is 27.5 Å². The second-order valence-electron chi connectivity index (χ2n) is 4.07.